The molecule has 1 unspecified atom stereocenters. The third-order valence-corrected chi connectivity index (χ3v) is 4.60. The predicted octanol–water partition coefficient (Wildman–Crippen LogP) is 5.21. The van der Waals surface area contributed by atoms with Crippen molar-refractivity contribution in [2.75, 3.05) is 0 Å². The van der Waals surface area contributed by atoms with Gasteiger partial charge in [-0.2, -0.15) is 0 Å². The Morgan fingerprint density at radius 1 is 1.15 bits per heavy atom. The standard InChI is InChI=1S/C16H19ClO2S/c1-3-5-13-14(6-4-2)16(19-15(13)18)20-12-9-7-11(17)8-10-12/h7-10,16H,3-6H2,1-2H3. The number of halogens is 1. The van der Waals surface area contributed by atoms with E-state index in [0.29, 0.717) is 5.02 Å². The van der Waals surface area contributed by atoms with Crippen LogP contribution in [-0.2, 0) is 9.53 Å². The molecule has 0 radical (unpaired) electrons. The molecule has 0 spiro atoms. The number of carbonyl (C=O) groups is 1. The van der Waals surface area contributed by atoms with Crippen LogP contribution in [0.15, 0.2) is 40.3 Å². The molecule has 108 valence electrons. The second kappa shape index (κ2) is 7.19. The lowest BCUT2D eigenvalue weighted by Gasteiger charge is -2.13. The Morgan fingerprint density at radius 2 is 1.80 bits per heavy atom. The third kappa shape index (κ3) is 3.58. The number of thioether (sulfide) groups is 1. The maximum absolute atomic E-state index is 12.0. The molecule has 0 aromatic heterocycles. The van der Waals surface area contributed by atoms with Crippen molar-refractivity contribution in [3.63, 3.8) is 0 Å². The van der Waals surface area contributed by atoms with Crippen molar-refractivity contribution in [1.82, 2.24) is 0 Å². The number of benzene rings is 1. The molecule has 1 aromatic carbocycles. The zero-order valence-corrected chi connectivity index (χ0v) is 13.4. The Bertz CT molecular complexity index is 508. The van der Waals surface area contributed by atoms with Crippen molar-refractivity contribution >= 4 is 29.3 Å². The fourth-order valence-corrected chi connectivity index (χ4v) is 3.50. The van der Waals surface area contributed by atoms with Crippen molar-refractivity contribution in [2.24, 2.45) is 0 Å². The zero-order valence-electron chi connectivity index (χ0n) is 11.8. The lowest BCUT2D eigenvalue weighted by Crippen LogP contribution is -2.06. The van der Waals surface area contributed by atoms with Crippen LogP contribution in [-0.4, -0.2) is 11.4 Å². The second-order valence-corrected chi connectivity index (χ2v) is 6.38. The van der Waals surface area contributed by atoms with Gasteiger partial charge in [-0.1, -0.05) is 50.1 Å². The van der Waals surface area contributed by atoms with E-state index in [2.05, 4.69) is 13.8 Å². The quantitative estimate of drug-likeness (QED) is 0.674. The number of carbonyl (C=O) groups excluding carboxylic acids is 1. The summed E-state index contributed by atoms with van der Waals surface area (Å²) >= 11 is 7.47. The van der Waals surface area contributed by atoms with E-state index >= 15 is 0 Å². The van der Waals surface area contributed by atoms with Crippen LogP contribution >= 0.6 is 23.4 Å². The normalized spacial score (nSPS) is 18.6. The monoisotopic (exact) mass is 310 g/mol. The van der Waals surface area contributed by atoms with E-state index in [0.717, 1.165) is 36.2 Å². The van der Waals surface area contributed by atoms with E-state index in [9.17, 15) is 4.79 Å². The SMILES string of the molecule is CCCC1=C(CCC)C(Sc2ccc(Cl)cc2)OC1=O. The van der Waals surface area contributed by atoms with E-state index in [4.69, 9.17) is 16.3 Å². The van der Waals surface area contributed by atoms with Gasteiger partial charge in [-0.15, -0.1) is 0 Å². The van der Waals surface area contributed by atoms with E-state index in [1.807, 2.05) is 24.3 Å². The summed E-state index contributed by atoms with van der Waals surface area (Å²) in [6.45, 7) is 4.22. The van der Waals surface area contributed by atoms with Crippen molar-refractivity contribution in [3.05, 3.63) is 40.4 Å². The molecule has 1 aliphatic heterocycles. The third-order valence-electron chi connectivity index (χ3n) is 3.21. The minimum atomic E-state index is -0.176. The Morgan fingerprint density at radius 3 is 2.40 bits per heavy atom. The molecule has 1 heterocycles. The molecule has 0 amide bonds. The number of cyclic esters (lactones) is 1. The van der Waals surface area contributed by atoms with E-state index in [-0.39, 0.29) is 11.4 Å². The highest BCUT2D eigenvalue weighted by atomic mass is 35.5. The van der Waals surface area contributed by atoms with Crippen LogP contribution in [0.3, 0.4) is 0 Å². The molecule has 4 heteroatoms. The largest absolute Gasteiger partial charge is 0.443 e. The fraction of sp³-hybridized carbons (Fsp3) is 0.438. The molecule has 2 rings (SSSR count). The smallest absolute Gasteiger partial charge is 0.335 e. The molecule has 0 saturated heterocycles. The molecule has 2 nitrogen and oxygen atoms in total. The lowest BCUT2D eigenvalue weighted by atomic mass is 10.0. The first kappa shape index (κ1) is 15.5. The van der Waals surface area contributed by atoms with Crippen LogP contribution < -0.4 is 0 Å². The van der Waals surface area contributed by atoms with Crippen molar-refractivity contribution in [3.8, 4) is 0 Å². The predicted molar refractivity (Wildman–Crippen MR) is 84.0 cm³/mol. The average molecular weight is 311 g/mol. The van der Waals surface area contributed by atoms with E-state index in [1.54, 1.807) is 11.8 Å². The molecule has 1 atom stereocenters. The van der Waals surface area contributed by atoms with Crippen LogP contribution in [0.25, 0.3) is 0 Å². The van der Waals surface area contributed by atoms with Gasteiger partial charge >= 0.3 is 5.97 Å². The van der Waals surface area contributed by atoms with Gasteiger partial charge in [0.05, 0.1) is 0 Å². The fourth-order valence-electron chi connectivity index (χ4n) is 2.30. The number of rotatable bonds is 6. The lowest BCUT2D eigenvalue weighted by molar-refractivity contribution is -0.137. The number of hydrogen-bond acceptors (Lipinski definition) is 3. The molecule has 1 aliphatic rings. The van der Waals surface area contributed by atoms with Gasteiger partial charge in [0, 0.05) is 15.5 Å². The average Bonchev–Trinajstić information content (AvgIpc) is 2.71. The summed E-state index contributed by atoms with van der Waals surface area (Å²) in [6.07, 6.45) is 3.73. The van der Waals surface area contributed by atoms with E-state index in [1.165, 1.54) is 5.57 Å². The first-order valence-corrected chi connectivity index (χ1v) is 8.26. The van der Waals surface area contributed by atoms with Crippen LogP contribution in [0.1, 0.15) is 39.5 Å². The molecular formula is C16H19ClO2S. The maximum Gasteiger partial charge on any atom is 0.335 e. The number of esters is 1. The Balaban J connectivity index is 2.18. The topological polar surface area (TPSA) is 26.3 Å². The van der Waals surface area contributed by atoms with Gasteiger partial charge in [0.2, 0.25) is 0 Å². The van der Waals surface area contributed by atoms with Gasteiger partial charge in [-0.3, -0.25) is 0 Å². The minimum Gasteiger partial charge on any atom is -0.443 e. The maximum atomic E-state index is 12.0. The molecular weight excluding hydrogens is 292 g/mol. The summed E-state index contributed by atoms with van der Waals surface area (Å²) in [5, 5.41) is 0.716. The molecule has 0 saturated carbocycles. The highest BCUT2D eigenvalue weighted by Crippen LogP contribution is 2.39. The molecule has 0 bridgehead atoms. The number of hydrogen-bond donors (Lipinski definition) is 0. The summed E-state index contributed by atoms with van der Waals surface area (Å²) in [7, 11) is 0. The van der Waals surface area contributed by atoms with Crippen LogP contribution in [0.5, 0.6) is 0 Å². The van der Waals surface area contributed by atoms with Gasteiger partial charge in [0.1, 0.15) is 0 Å². The van der Waals surface area contributed by atoms with Gasteiger partial charge in [-0.25, -0.2) is 4.79 Å². The summed E-state index contributed by atoms with van der Waals surface area (Å²) in [5.74, 6) is -0.137. The number of ether oxygens (including phenoxy) is 1. The Hall–Kier alpha value is -0.930. The molecule has 0 fully saturated rings. The first-order chi connectivity index (χ1) is 9.65. The summed E-state index contributed by atoms with van der Waals surface area (Å²) < 4.78 is 5.54. The van der Waals surface area contributed by atoms with Gasteiger partial charge < -0.3 is 4.74 Å². The van der Waals surface area contributed by atoms with Crippen LogP contribution in [0.2, 0.25) is 5.02 Å². The van der Waals surface area contributed by atoms with Gasteiger partial charge in [-0.05, 0) is 42.7 Å². The Labute approximate surface area is 129 Å². The summed E-state index contributed by atoms with van der Waals surface area (Å²) in [5.41, 5.74) is 1.88. The second-order valence-electron chi connectivity index (χ2n) is 4.81. The molecule has 0 N–H and O–H groups in total. The van der Waals surface area contributed by atoms with Crippen LogP contribution in [0.4, 0.5) is 0 Å². The highest BCUT2D eigenvalue weighted by molar-refractivity contribution is 8.00. The summed E-state index contributed by atoms with van der Waals surface area (Å²) in [6, 6.07) is 7.64. The highest BCUT2D eigenvalue weighted by Gasteiger charge is 2.33. The minimum absolute atomic E-state index is 0.137. The van der Waals surface area contributed by atoms with Crippen molar-refractivity contribution in [1.29, 1.82) is 0 Å². The molecule has 20 heavy (non-hydrogen) atoms. The summed E-state index contributed by atoms with van der Waals surface area (Å²) in [4.78, 5) is 13.1. The molecule has 1 aromatic rings. The van der Waals surface area contributed by atoms with Crippen LogP contribution in [0, 0.1) is 0 Å². The van der Waals surface area contributed by atoms with Crippen molar-refractivity contribution < 1.29 is 9.53 Å². The van der Waals surface area contributed by atoms with E-state index < -0.39 is 0 Å². The Kier molecular flexibility index (Phi) is 5.55. The molecule has 0 aliphatic carbocycles. The van der Waals surface area contributed by atoms with Gasteiger partial charge in [0.15, 0.2) is 5.44 Å². The van der Waals surface area contributed by atoms with Crippen molar-refractivity contribution in [2.45, 2.75) is 49.9 Å². The zero-order chi connectivity index (χ0) is 14.5. The van der Waals surface area contributed by atoms with Gasteiger partial charge in [0.25, 0.3) is 0 Å². The first-order valence-electron chi connectivity index (χ1n) is 7.00.